The summed E-state index contributed by atoms with van der Waals surface area (Å²) in [6.45, 7) is 1.79. The zero-order chi connectivity index (χ0) is 11.2. The highest BCUT2D eigenvalue weighted by Gasteiger charge is 2.14. The third-order valence-corrected chi connectivity index (χ3v) is 2.74. The Hall–Kier alpha value is -0.910. The number of hydrogen-bond donors (Lipinski definition) is 2. The average Bonchev–Trinajstić information content (AvgIpc) is 2.83. The normalized spacial score (nSPS) is 17.4. The largest absolute Gasteiger partial charge is 0.351 e. The van der Waals surface area contributed by atoms with Gasteiger partial charge in [-0.3, -0.25) is 9.78 Å². The molecule has 0 aliphatic carbocycles. The molecule has 0 aromatic carbocycles. The van der Waals surface area contributed by atoms with Gasteiger partial charge < -0.3 is 10.6 Å². The molecule has 1 aliphatic rings. The van der Waals surface area contributed by atoms with Crippen molar-refractivity contribution in [2.45, 2.75) is 25.3 Å². The molecular weight excluding hydrogens is 275 g/mol. The van der Waals surface area contributed by atoms with Gasteiger partial charge in [-0.1, -0.05) is 0 Å². The minimum absolute atomic E-state index is 0. The van der Waals surface area contributed by atoms with Crippen molar-refractivity contribution in [1.29, 1.82) is 0 Å². The topological polar surface area (TPSA) is 66.9 Å². The fourth-order valence-electron chi connectivity index (χ4n) is 1.87. The maximum absolute atomic E-state index is 11.6. The summed E-state index contributed by atoms with van der Waals surface area (Å²) < 4.78 is 0. The van der Waals surface area contributed by atoms with Gasteiger partial charge in [-0.15, -0.1) is 24.8 Å². The van der Waals surface area contributed by atoms with Crippen LogP contribution in [0, 0.1) is 0 Å². The first-order valence-corrected chi connectivity index (χ1v) is 5.64. The third kappa shape index (κ3) is 5.16. The van der Waals surface area contributed by atoms with Crippen LogP contribution in [0.25, 0.3) is 0 Å². The smallest absolute Gasteiger partial charge is 0.271 e. The lowest BCUT2D eigenvalue weighted by molar-refractivity contribution is 0.0947. The van der Waals surface area contributed by atoms with E-state index < -0.39 is 0 Å². The SMILES string of the molecule is Cl.Cl.O=C(NCC[C@H]1CCCN1)c1cnccn1. The number of nitrogens with zero attached hydrogens (tertiary/aromatic N) is 2. The van der Waals surface area contributed by atoms with Crippen LogP contribution in [0.1, 0.15) is 29.8 Å². The van der Waals surface area contributed by atoms with E-state index in [9.17, 15) is 4.79 Å². The van der Waals surface area contributed by atoms with Gasteiger partial charge in [0.2, 0.25) is 0 Å². The van der Waals surface area contributed by atoms with Gasteiger partial charge in [0, 0.05) is 25.0 Å². The maximum atomic E-state index is 11.6. The Morgan fingerprint density at radius 2 is 2.28 bits per heavy atom. The molecule has 102 valence electrons. The van der Waals surface area contributed by atoms with E-state index in [0.717, 1.165) is 13.0 Å². The number of carbonyl (C=O) groups is 1. The highest BCUT2D eigenvalue weighted by Crippen LogP contribution is 2.07. The van der Waals surface area contributed by atoms with E-state index in [4.69, 9.17) is 0 Å². The van der Waals surface area contributed by atoms with Crippen molar-refractivity contribution < 1.29 is 4.79 Å². The minimum Gasteiger partial charge on any atom is -0.351 e. The van der Waals surface area contributed by atoms with Gasteiger partial charge >= 0.3 is 0 Å². The van der Waals surface area contributed by atoms with E-state index in [1.54, 1.807) is 6.20 Å². The van der Waals surface area contributed by atoms with Crippen LogP contribution in [-0.4, -0.2) is 35.0 Å². The predicted molar refractivity (Wildman–Crippen MR) is 74.5 cm³/mol. The van der Waals surface area contributed by atoms with Gasteiger partial charge in [0.25, 0.3) is 5.91 Å². The van der Waals surface area contributed by atoms with Crippen molar-refractivity contribution in [3.8, 4) is 0 Å². The first kappa shape index (κ1) is 17.1. The molecule has 2 N–H and O–H groups in total. The molecule has 2 rings (SSSR count). The molecule has 18 heavy (non-hydrogen) atoms. The number of aromatic nitrogens is 2. The molecule has 0 bridgehead atoms. The molecule has 1 aromatic heterocycles. The summed E-state index contributed by atoms with van der Waals surface area (Å²) in [5, 5.41) is 6.24. The van der Waals surface area contributed by atoms with E-state index in [1.807, 2.05) is 0 Å². The number of hydrogen-bond acceptors (Lipinski definition) is 4. The van der Waals surface area contributed by atoms with Crippen molar-refractivity contribution in [3.63, 3.8) is 0 Å². The van der Waals surface area contributed by atoms with E-state index >= 15 is 0 Å². The van der Waals surface area contributed by atoms with Crippen LogP contribution < -0.4 is 10.6 Å². The lowest BCUT2D eigenvalue weighted by atomic mass is 10.1. The second kappa shape index (κ2) is 9.08. The Morgan fingerprint density at radius 1 is 1.44 bits per heavy atom. The molecular formula is C11H18Cl2N4O. The van der Waals surface area contributed by atoms with E-state index in [1.165, 1.54) is 25.2 Å². The first-order chi connectivity index (χ1) is 7.86. The number of amides is 1. The van der Waals surface area contributed by atoms with Crippen LogP contribution in [-0.2, 0) is 0 Å². The maximum Gasteiger partial charge on any atom is 0.271 e. The summed E-state index contributed by atoms with van der Waals surface area (Å²) in [6, 6.07) is 0.558. The molecule has 0 radical (unpaired) electrons. The molecule has 7 heteroatoms. The third-order valence-electron chi connectivity index (χ3n) is 2.74. The van der Waals surface area contributed by atoms with E-state index in [0.29, 0.717) is 18.3 Å². The van der Waals surface area contributed by atoms with Crippen LogP contribution in [0.4, 0.5) is 0 Å². The first-order valence-electron chi connectivity index (χ1n) is 5.64. The molecule has 1 aliphatic heterocycles. The highest BCUT2D eigenvalue weighted by atomic mass is 35.5. The number of nitrogens with one attached hydrogen (secondary N) is 2. The lowest BCUT2D eigenvalue weighted by Gasteiger charge is -2.10. The molecule has 0 unspecified atom stereocenters. The summed E-state index contributed by atoms with van der Waals surface area (Å²) in [4.78, 5) is 19.4. The van der Waals surface area contributed by atoms with Crippen molar-refractivity contribution in [1.82, 2.24) is 20.6 Å². The summed E-state index contributed by atoms with van der Waals surface area (Å²) in [5.41, 5.74) is 0.377. The zero-order valence-electron chi connectivity index (χ0n) is 9.96. The standard InChI is InChI=1S/C11H16N4O.2ClH/c16-11(10-8-12-6-7-14-10)15-5-3-9-2-1-4-13-9;;/h6-9,13H,1-5H2,(H,15,16);2*1H/t9-;;/m1../s1. The van der Waals surface area contributed by atoms with E-state index in [2.05, 4.69) is 20.6 Å². The molecule has 5 nitrogen and oxygen atoms in total. The van der Waals surface area contributed by atoms with Crippen LogP contribution in [0.15, 0.2) is 18.6 Å². The molecule has 1 fully saturated rings. The zero-order valence-corrected chi connectivity index (χ0v) is 11.6. The van der Waals surface area contributed by atoms with Crippen molar-refractivity contribution in [3.05, 3.63) is 24.3 Å². The minimum atomic E-state index is -0.147. The Kier molecular flexibility index (Phi) is 8.62. The highest BCUT2D eigenvalue weighted by molar-refractivity contribution is 5.91. The van der Waals surface area contributed by atoms with Crippen LogP contribution in [0.5, 0.6) is 0 Å². The quantitative estimate of drug-likeness (QED) is 0.875. The predicted octanol–water partition coefficient (Wildman–Crippen LogP) is 1.19. The fraction of sp³-hybridized carbons (Fsp3) is 0.545. The monoisotopic (exact) mass is 292 g/mol. The van der Waals surface area contributed by atoms with Gasteiger partial charge in [0.05, 0.1) is 6.20 Å². The summed E-state index contributed by atoms with van der Waals surface area (Å²) in [7, 11) is 0. The molecule has 1 atom stereocenters. The van der Waals surface area contributed by atoms with Crippen LogP contribution in [0.3, 0.4) is 0 Å². The molecule has 0 spiro atoms. The fourth-order valence-corrected chi connectivity index (χ4v) is 1.87. The second-order valence-corrected chi connectivity index (χ2v) is 3.93. The second-order valence-electron chi connectivity index (χ2n) is 3.93. The molecule has 1 saturated heterocycles. The molecule has 0 saturated carbocycles. The Balaban J connectivity index is 0.00000144. The van der Waals surface area contributed by atoms with Crippen molar-refractivity contribution in [2.75, 3.05) is 13.1 Å². The summed E-state index contributed by atoms with van der Waals surface area (Å²) >= 11 is 0. The lowest BCUT2D eigenvalue weighted by Crippen LogP contribution is -2.31. The van der Waals surface area contributed by atoms with Crippen molar-refractivity contribution >= 4 is 30.7 Å². The summed E-state index contributed by atoms with van der Waals surface area (Å²) in [6.07, 6.45) is 7.98. The number of carbonyl (C=O) groups excluding carboxylic acids is 1. The Bertz CT molecular complexity index is 344. The van der Waals surface area contributed by atoms with Crippen molar-refractivity contribution in [2.24, 2.45) is 0 Å². The van der Waals surface area contributed by atoms with Crippen LogP contribution >= 0.6 is 24.8 Å². The van der Waals surface area contributed by atoms with E-state index in [-0.39, 0.29) is 30.7 Å². The van der Waals surface area contributed by atoms with Gasteiger partial charge in [0.15, 0.2) is 0 Å². The molecule has 1 amide bonds. The molecule has 2 heterocycles. The Labute approximate surface area is 119 Å². The number of rotatable bonds is 4. The van der Waals surface area contributed by atoms with Gasteiger partial charge in [-0.05, 0) is 25.8 Å². The van der Waals surface area contributed by atoms with Crippen LogP contribution in [0.2, 0.25) is 0 Å². The van der Waals surface area contributed by atoms with Gasteiger partial charge in [-0.2, -0.15) is 0 Å². The molecule has 1 aromatic rings. The Morgan fingerprint density at radius 3 is 2.89 bits per heavy atom. The number of halogens is 2. The average molecular weight is 293 g/mol. The van der Waals surface area contributed by atoms with Gasteiger partial charge in [-0.25, -0.2) is 4.98 Å². The summed E-state index contributed by atoms with van der Waals surface area (Å²) in [5.74, 6) is -0.147. The van der Waals surface area contributed by atoms with Gasteiger partial charge in [0.1, 0.15) is 5.69 Å².